The number of nitrogens with one attached hydrogen (secondary N) is 1. The van der Waals surface area contributed by atoms with Gasteiger partial charge in [0.2, 0.25) is 0 Å². The maximum Gasteiger partial charge on any atom is 0.252 e. The Morgan fingerprint density at radius 3 is 2.73 bits per heavy atom. The van der Waals surface area contributed by atoms with E-state index in [1.165, 1.54) is 0 Å². The number of nitrogens with zero attached hydrogens (tertiary/aromatic N) is 1. The number of alkyl halides is 1. The molecule has 1 amide bonds. The zero-order chi connectivity index (χ0) is 15.9. The summed E-state index contributed by atoms with van der Waals surface area (Å²) in [6.07, 6.45) is 3.14. The lowest BCUT2D eigenvalue weighted by atomic mass is 10.2. The molecule has 0 saturated heterocycles. The highest BCUT2D eigenvalue weighted by molar-refractivity contribution is 9.10. The molecule has 1 aromatic heterocycles. The zero-order valence-electron chi connectivity index (χ0n) is 12.1. The SMILES string of the molecule is Cc1ccc(OC[C@H](CCl)NC(=O)c2ccncc2Br)cc1. The van der Waals surface area contributed by atoms with Gasteiger partial charge in [-0.2, -0.15) is 0 Å². The first-order chi connectivity index (χ1) is 10.6. The molecule has 1 atom stereocenters. The van der Waals surface area contributed by atoms with E-state index in [2.05, 4.69) is 26.2 Å². The number of hydrogen-bond donors (Lipinski definition) is 1. The lowest BCUT2D eigenvalue weighted by Gasteiger charge is -2.17. The van der Waals surface area contributed by atoms with E-state index in [0.717, 1.165) is 11.3 Å². The van der Waals surface area contributed by atoms with Crippen molar-refractivity contribution in [3.63, 3.8) is 0 Å². The zero-order valence-corrected chi connectivity index (χ0v) is 14.4. The average Bonchev–Trinajstić information content (AvgIpc) is 2.53. The highest BCUT2D eigenvalue weighted by Gasteiger charge is 2.15. The first-order valence-corrected chi connectivity index (χ1v) is 8.08. The van der Waals surface area contributed by atoms with Gasteiger partial charge in [0.15, 0.2) is 0 Å². The topological polar surface area (TPSA) is 51.2 Å². The number of amides is 1. The van der Waals surface area contributed by atoms with Gasteiger partial charge in [-0.3, -0.25) is 9.78 Å². The van der Waals surface area contributed by atoms with Gasteiger partial charge in [0.25, 0.3) is 5.91 Å². The second-order valence-electron chi connectivity index (χ2n) is 4.80. The number of rotatable bonds is 6. The predicted octanol–water partition coefficient (Wildman–Crippen LogP) is 3.57. The third-order valence-electron chi connectivity index (χ3n) is 3.01. The second kappa shape index (κ2) is 8.15. The molecule has 1 aromatic carbocycles. The minimum atomic E-state index is -0.282. The number of carbonyl (C=O) groups excluding carboxylic acids is 1. The molecule has 0 unspecified atom stereocenters. The molecular weight excluding hydrogens is 368 g/mol. The third-order valence-corrected chi connectivity index (χ3v) is 4.02. The van der Waals surface area contributed by atoms with Gasteiger partial charge < -0.3 is 10.1 Å². The van der Waals surface area contributed by atoms with Crippen LogP contribution in [0.1, 0.15) is 15.9 Å². The van der Waals surface area contributed by atoms with Gasteiger partial charge in [-0.05, 0) is 41.1 Å². The van der Waals surface area contributed by atoms with E-state index in [4.69, 9.17) is 16.3 Å². The molecule has 0 aliphatic carbocycles. The highest BCUT2D eigenvalue weighted by atomic mass is 79.9. The van der Waals surface area contributed by atoms with Crippen LogP contribution in [0.15, 0.2) is 47.2 Å². The average molecular weight is 384 g/mol. The van der Waals surface area contributed by atoms with E-state index < -0.39 is 0 Å². The summed E-state index contributed by atoms with van der Waals surface area (Å²) in [5, 5.41) is 2.85. The van der Waals surface area contributed by atoms with Crippen LogP contribution in [-0.4, -0.2) is 29.4 Å². The molecule has 0 bridgehead atoms. The molecule has 0 aliphatic rings. The largest absolute Gasteiger partial charge is 0.491 e. The lowest BCUT2D eigenvalue weighted by molar-refractivity contribution is 0.0926. The van der Waals surface area contributed by atoms with E-state index in [1.54, 1.807) is 18.5 Å². The fraction of sp³-hybridized carbons (Fsp3) is 0.250. The Hall–Kier alpha value is -1.59. The van der Waals surface area contributed by atoms with Crippen molar-refractivity contribution in [3.8, 4) is 5.75 Å². The van der Waals surface area contributed by atoms with Crippen LogP contribution in [0, 0.1) is 6.92 Å². The number of aryl methyl sites for hydroxylation is 1. The summed E-state index contributed by atoms with van der Waals surface area (Å²) >= 11 is 9.22. The molecule has 6 heteroatoms. The van der Waals surface area contributed by atoms with Crippen LogP contribution >= 0.6 is 27.5 Å². The summed E-state index contributed by atoms with van der Waals surface area (Å²) < 4.78 is 6.30. The molecule has 22 heavy (non-hydrogen) atoms. The quantitative estimate of drug-likeness (QED) is 0.776. The van der Waals surface area contributed by atoms with Gasteiger partial charge in [-0.15, -0.1) is 11.6 Å². The Kier molecular flexibility index (Phi) is 6.21. The molecule has 116 valence electrons. The fourth-order valence-corrected chi connectivity index (χ4v) is 2.38. The molecule has 4 nitrogen and oxygen atoms in total. The smallest absolute Gasteiger partial charge is 0.252 e. The Morgan fingerprint density at radius 1 is 1.36 bits per heavy atom. The number of benzene rings is 1. The number of hydrogen-bond acceptors (Lipinski definition) is 3. The Morgan fingerprint density at radius 2 is 2.09 bits per heavy atom. The van der Waals surface area contributed by atoms with Crippen molar-refractivity contribution in [1.29, 1.82) is 0 Å². The lowest BCUT2D eigenvalue weighted by Crippen LogP contribution is -2.40. The van der Waals surface area contributed by atoms with Crippen LogP contribution in [0.5, 0.6) is 5.75 Å². The Labute approximate surface area is 143 Å². The van der Waals surface area contributed by atoms with E-state index in [-0.39, 0.29) is 17.8 Å². The predicted molar refractivity (Wildman–Crippen MR) is 90.6 cm³/mol. The monoisotopic (exact) mass is 382 g/mol. The van der Waals surface area contributed by atoms with Crippen LogP contribution in [-0.2, 0) is 0 Å². The van der Waals surface area contributed by atoms with E-state index >= 15 is 0 Å². The molecular formula is C16H16BrClN2O2. The van der Waals surface area contributed by atoms with Crippen LogP contribution in [0.4, 0.5) is 0 Å². The summed E-state index contributed by atoms with van der Waals surface area (Å²) in [4.78, 5) is 16.1. The molecule has 0 fully saturated rings. The first kappa shape index (κ1) is 16.8. The summed E-state index contributed by atoms with van der Waals surface area (Å²) in [5.41, 5.74) is 1.68. The molecule has 1 heterocycles. The van der Waals surface area contributed by atoms with Crippen LogP contribution in [0.2, 0.25) is 0 Å². The molecule has 1 N–H and O–H groups in total. The van der Waals surface area contributed by atoms with E-state index in [1.807, 2.05) is 31.2 Å². The standard InChI is InChI=1S/C16H16BrClN2O2/c1-11-2-4-13(5-3-11)22-10-12(8-18)20-16(21)14-6-7-19-9-15(14)17/h2-7,9,12H,8,10H2,1H3,(H,20,21)/t12-/m0/s1. The Bertz CT molecular complexity index is 634. The molecule has 2 rings (SSSR count). The molecule has 2 aromatic rings. The van der Waals surface area contributed by atoms with Crippen molar-refractivity contribution in [2.24, 2.45) is 0 Å². The van der Waals surface area contributed by atoms with Crippen molar-refractivity contribution in [1.82, 2.24) is 10.3 Å². The van der Waals surface area contributed by atoms with Gasteiger partial charge in [-0.25, -0.2) is 0 Å². The van der Waals surface area contributed by atoms with Crippen LogP contribution in [0.25, 0.3) is 0 Å². The van der Waals surface area contributed by atoms with E-state index in [0.29, 0.717) is 16.6 Å². The van der Waals surface area contributed by atoms with Crippen LogP contribution < -0.4 is 10.1 Å². The van der Waals surface area contributed by atoms with Gasteiger partial charge in [0.1, 0.15) is 12.4 Å². The maximum atomic E-state index is 12.2. The van der Waals surface area contributed by atoms with Gasteiger partial charge >= 0.3 is 0 Å². The van der Waals surface area contributed by atoms with Crippen molar-refractivity contribution < 1.29 is 9.53 Å². The van der Waals surface area contributed by atoms with Gasteiger partial charge in [-0.1, -0.05) is 17.7 Å². The fourth-order valence-electron chi connectivity index (χ4n) is 1.78. The Balaban J connectivity index is 1.93. The summed E-state index contributed by atoms with van der Waals surface area (Å²) in [6, 6.07) is 9.08. The number of pyridine rings is 1. The maximum absolute atomic E-state index is 12.2. The minimum Gasteiger partial charge on any atom is -0.491 e. The van der Waals surface area contributed by atoms with Crippen LogP contribution in [0.3, 0.4) is 0 Å². The first-order valence-electron chi connectivity index (χ1n) is 6.76. The third kappa shape index (κ3) is 4.71. The van der Waals surface area contributed by atoms with Crippen molar-refractivity contribution >= 4 is 33.4 Å². The molecule has 0 radical (unpaired) electrons. The molecule has 0 aliphatic heterocycles. The van der Waals surface area contributed by atoms with Gasteiger partial charge in [0.05, 0.1) is 11.6 Å². The van der Waals surface area contributed by atoms with Crippen molar-refractivity contribution in [2.75, 3.05) is 12.5 Å². The summed E-state index contributed by atoms with van der Waals surface area (Å²) in [6.45, 7) is 2.32. The van der Waals surface area contributed by atoms with E-state index in [9.17, 15) is 4.79 Å². The van der Waals surface area contributed by atoms with Crippen molar-refractivity contribution in [2.45, 2.75) is 13.0 Å². The minimum absolute atomic E-state index is 0.215. The number of carbonyl (C=O) groups is 1. The molecule has 0 saturated carbocycles. The van der Waals surface area contributed by atoms with Gasteiger partial charge in [0, 0.05) is 22.7 Å². The van der Waals surface area contributed by atoms with Crippen molar-refractivity contribution in [3.05, 3.63) is 58.3 Å². The number of halogens is 2. The second-order valence-corrected chi connectivity index (χ2v) is 5.97. The highest BCUT2D eigenvalue weighted by Crippen LogP contribution is 2.15. The summed E-state index contributed by atoms with van der Waals surface area (Å²) in [7, 11) is 0. The normalized spacial score (nSPS) is 11.8. The number of ether oxygens (including phenoxy) is 1. The molecule has 0 spiro atoms. The summed E-state index contributed by atoms with van der Waals surface area (Å²) in [5.74, 6) is 0.799. The number of aromatic nitrogens is 1.